The molecule has 4 heteroatoms. The van der Waals surface area contributed by atoms with Crippen molar-refractivity contribution in [2.45, 2.75) is 70.9 Å². The van der Waals surface area contributed by atoms with E-state index in [4.69, 9.17) is 4.74 Å². The highest BCUT2D eigenvalue weighted by Crippen LogP contribution is 2.38. The van der Waals surface area contributed by atoms with Gasteiger partial charge in [-0.05, 0) is 63.6 Å². The Bertz CT molecular complexity index is 628. The Morgan fingerprint density at radius 2 is 1.77 bits per heavy atom. The van der Waals surface area contributed by atoms with Crippen LogP contribution in [-0.4, -0.2) is 53.5 Å². The van der Waals surface area contributed by atoms with E-state index >= 15 is 0 Å². The Morgan fingerprint density at radius 1 is 1.08 bits per heavy atom. The van der Waals surface area contributed by atoms with Gasteiger partial charge in [0.15, 0.2) is 0 Å². The second kappa shape index (κ2) is 7.99. The number of hydrogen-bond acceptors (Lipinski definition) is 3. The van der Waals surface area contributed by atoms with Gasteiger partial charge in [0.05, 0.1) is 0 Å². The molecule has 0 radical (unpaired) electrons. The first-order valence-electron chi connectivity index (χ1n) is 10.2. The first-order chi connectivity index (χ1) is 12.5. The molecule has 0 aromatic heterocycles. The van der Waals surface area contributed by atoms with E-state index in [1.54, 1.807) is 0 Å². The molecule has 1 aromatic rings. The van der Waals surface area contributed by atoms with Crippen LogP contribution in [0.1, 0.15) is 64.9 Å². The molecule has 4 nitrogen and oxygen atoms in total. The van der Waals surface area contributed by atoms with Crippen LogP contribution in [0.4, 0.5) is 0 Å². The maximum atomic E-state index is 13.2. The van der Waals surface area contributed by atoms with Crippen molar-refractivity contribution >= 4 is 5.91 Å². The number of carbonyl (C=O) groups is 1. The normalized spacial score (nSPS) is 24.2. The molecule has 1 atom stereocenters. The molecule has 26 heavy (non-hydrogen) atoms. The molecular weight excluding hydrogens is 324 g/mol. The molecular formula is C22H34N2O2. The van der Waals surface area contributed by atoms with Gasteiger partial charge in [-0.1, -0.05) is 32.0 Å². The van der Waals surface area contributed by atoms with Crippen LogP contribution < -0.4 is 4.74 Å². The van der Waals surface area contributed by atoms with E-state index in [0.29, 0.717) is 18.4 Å². The van der Waals surface area contributed by atoms with Gasteiger partial charge < -0.3 is 9.64 Å². The monoisotopic (exact) mass is 358 g/mol. The number of para-hydroxylation sites is 1. The Hall–Kier alpha value is -1.55. The first kappa shape index (κ1) is 19.2. The number of ether oxygens (including phenoxy) is 1. The van der Waals surface area contributed by atoms with Gasteiger partial charge in [-0.25, -0.2) is 0 Å². The van der Waals surface area contributed by atoms with Gasteiger partial charge in [0.1, 0.15) is 17.9 Å². The highest BCUT2D eigenvalue weighted by molar-refractivity contribution is 5.87. The molecule has 0 N–H and O–H groups in total. The van der Waals surface area contributed by atoms with Crippen LogP contribution >= 0.6 is 0 Å². The van der Waals surface area contributed by atoms with Crippen LogP contribution in [0, 0.1) is 0 Å². The van der Waals surface area contributed by atoms with Crippen LogP contribution in [-0.2, 0) is 4.79 Å². The zero-order chi connectivity index (χ0) is 18.7. The van der Waals surface area contributed by atoms with E-state index in [1.807, 2.05) is 6.07 Å². The van der Waals surface area contributed by atoms with Crippen molar-refractivity contribution < 1.29 is 9.53 Å². The molecule has 1 amide bonds. The van der Waals surface area contributed by atoms with Gasteiger partial charge in [-0.2, -0.15) is 0 Å². The van der Waals surface area contributed by atoms with Crippen LogP contribution in [0.3, 0.4) is 0 Å². The summed E-state index contributed by atoms with van der Waals surface area (Å²) in [6.45, 7) is 12.0. The van der Waals surface area contributed by atoms with E-state index in [1.165, 1.54) is 5.56 Å². The molecule has 2 aliphatic heterocycles. The predicted octanol–water partition coefficient (Wildman–Crippen LogP) is 4.05. The van der Waals surface area contributed by atoms with E-state index in [-0.39, 0.29) is 11.6 Å². The van der Waals surface area contributed by atoms with Gasteiger partial charge in [0.25, 0.3) is 0 Å². The third-order valence-corrected chi connectivity index (χ3v) is 6.06. The van der Waals surface area contributed by atoms with Gasteiger partial charge in [0.2, 0.25) is 5.91 Å². The number of amides is 1. The maximum Gasteiger partial charge on any atom is 0.243 e. The lowest BCUT2D eigenvalue weighted by molar-refractivity contribution is -0.149. The van der Waals surface area contributed by atoms with Gasteiger partial charge in [0, 0.05) is 19.1 Å². The number of carbonyl (C=O) groups excluding carboxylic acids is 1. The lowest BCUT2D eigenvalue weighted by Crippen LogP contribution is -2.61. The number of likely N-dealkylation sites (tertiary alicyclic amines) is 2. The molecule has 2 aliphatic rings. The summed E-state index contributed by atoms with van der Waals surface area (Å²) in [6, 6.07) is 8.59. The highest BCUT2D eigenvalue weighted by Gasteiger charge is 2.50. The molecule has 1 spiro atoms. The second-order valence-electron chi connectivity index (χ2n) is 8.36. The van der Waals surface area contributed by atoms with Crippen molar-refractivity contribution in [2.24, 2.45) is 0 Å². The molecule has 2 heterocycles. The van der Waals surface area contributed by atoms with E-state index in [2.05, 4.69) is 55.7 Å². The summed E-state index contributed by atoms with van der Waals surface area (Å²) >= 11 is 0. The third kappa shape index (κ3) is 3.62. The standard InChI is InChI=1S/C22H34N2O2/c1-17(2)19-9-5-6-10-20(19)26-16-15-23-13-7-11-22(23)12-8-14-24(18(3)4)21(22)25/h5-6,9-10,17-18H,7-8,11-16H2,1-4H3. The molecule has 1 unspecified atom stereocenters. The second-order valence-corrected chi connectivity index (χ2v) is 8.36. The number of benzene rings is 1. The highest BCUT2D eigenvalue weighted by atomic mass is 16.5. The molecule has 2 saturated heterocycles. The van der Waals surface area contributed by atoms with Gasteiger partial charge >= 0.3 is 0 Å². The lowest BCUT2D eigenvalue weighted by atomic mass is 9.85. The average Bonchev–Trinajstić information content (AvgIpc) is 3.01. The zero-order valence-corrected chi connectivity index (χ0v) is 16.8. The van der Waals surface area contributed by atoms with Crippen molar-refractivity contribution in [1.29, 1.82) is 0 Å². The molecule has 2 fully saturated rings. The van der Waals surface area contributed by atoms with E-state index < -0.39 is 0 Å². The maximum absolute atomic E-state index is 13.2. The largest absolute Gasteiger partial charge is 0.492 e. The van der Waals surface area contributed by atoms with Gasteiger partial charge in [-0.3, -0.25) is 9.69 Å². The zero-order valence-electron chi connectivity index (χ0n) is 16.8. The van der Waals surface area contributed by atoms with Crippen LogP contribution in [0.25, 0.3) is 0 Å². The predicted molar refractivity (Wildman–Crippen MR) is 106 cm³/mol. The van der Waals surface area contributed by atoms with E-state index in [0.717, 1.165) is 51.1 Å². The molecule has 0 bridgehead atoms. The Morgan fingerprint density at radius 3 is 2.46 bits per heavy atom. The van der Waals surface area contributed by atoms with E-state index in [9.17, 15) is 4.79 Å². The fourth-order valence-corrected chi connectivity index (χ4v) is 4.65. The lowest BCUT2D eigenvalue weighted by Gasteiger charge is -2.46. The van der Waals surface area contributed by atoms with Crippen molar-refractivity contribution in [3.05, 3.63) is 29.8 Å². The smallest absolute Gasteiger partial charge is 0.243 e. The topological polar surface area (TPSA) is 32.8 Å². The summed E-state index contributed by atoms with van der Waals surface area (Å²) in [4.78, 5) is 17.7. The summed E-state index contributed by atoms with van der Waals surface area (Å²) in [7, 11) is 0. The van der Waals surface area contributed by atoms with Crippen molar-refractivity contribution in [2.75, 3.05) is 26.2 Å². The average molecular weight is 359 g/mol. The molecule has 144 valence electrons. The Balaban J connectivity index is 1.66. The number of piperidine rings is 1. The minimum atomic E-state index is -0.274. The Kier molecular flexibility index (Phi) is 5.91. The summed E-state index contributed by atoms with van der Waals surface area (Å²) < 4.78 is 6.14. The van der Waals surface area contributed by atoms with Crippen LogP contribution in [0.2, 0.25) is 0 Å². The quantitative estimate of drug-likeness (QED) is 0.769. The minimum Gasteiger partial charge on any atom is -0.492 e. The van der Waals surface area contributed by atoms with Crippen LogP contribution in [0.5, 0.6) is 5.75 Å². The summed E-state index contributed by atoms with van der Waals surface area (Å²) in [6.07, 6.45) is 4.22. The third-order valence-electron chi connectivity index (χ3n) is 6.06. The summed E-state index contributed by atoms with van der Waals surface area (Å²) in [5.74, 6) is 1.78. The molecule has 0 aliphatic carbocycles. The van der Waals surface area contributed by atoms with Crippen LogP contribution in [0.15, 0.2) is 24.3 Å². The fraction of sp³-hybridized carbons (Fsp3) is 0.682. The Labute approximate surface area is 158 Å². The molecule has 0 saturated carbocycles. The van der Waals surface area contributed by atoms with Crippen molar-refractivity contribution in [3.8, 4) is 5.75 Å². The summed E-state index contributed by atoms with van der Waals surface area (Å²) in [5.41, 5.74) is 0.979. The summed E-state index contributed by atoms with van der Waals surface area (Å²) in [5, 5.41) is 0. The molecule has 3 rings (SSSR count). The van der Waals surface area contributed by atoms with Gasteiger partial charge in [-0.15, -0.1) is 0 Å². The first-order valence-corrected chi connectivity index (χ1v) is 10.2. The van der Waals surface area contributed by atoms with Crippen molar-refractivity contribution in [1.82, 2.24) is 9.80 Å². The van der Waals surface area contributed by atoms with Crippen molar-refractivity contribution in [3.63, 3.8) is 0 Å². The molecule has 1 aromatic carbocycles. The fourth-order valence-electron chi connectivity index (χ4n) is 4.65. The number of hydrogen-bond donors (Lipinski definition) is 0. The number of nitrogens with zero attached hydrogens (tertiary/aromatic N) is 2. The number of rotatable bonds is 6. The minimum absolute atomic E-state index is 0.274. The SMILES string of the molecule is CC(C)c1ccccc1OCCN1CCCC12CCCN(C(C)C)C2=O.